The van der Waals surface area contributed by atoms with Crippen molar-refractivity contribution in [1.82, 2.24) is 10.3 Å². The summed E-state index contributed by atoms with van der Waals surface area (Å²) in [5.41, 5.74) is 8.14. The molecule has 1 aromatic carbocycles. The van der Waals surface area contributed by atoms with Crippen molar-refractivity contribution < 1.29 is 9.59 Å². The lowest BCUT2D eigenvalue weighted by Gasteiger charge is -2.05. The van der Waals surface area contributed by atoms with Gasteiger partial charge in [0, 0.05) is 23.5 Å². The number of rotatable bonds is 7. The Morgan fingerprint density at radius 2 is 1.96 bits per heavy atom. The molecule has 0 saturated carbocycles. The van der Waals surface area contributed by atoms with Gasteiger partial charge in [0.05, 0.1) is 12.1 Å². The number of aromatic nitrogens is 1. The van der Waals surface area contributed by atoms with Gasteiger partial charge in [-0.25, -0.2) is 4.98 Å². The summed E-state index contributed by atoms with van der Waals surface area (Å²) in [6.45, 7) is 4.20. The van der Waals surface area contributed by atoms with E-state index in [0.29, 0.717) is 17.4 Å². The smallest absolute Gasteiger partial charge is 0.228 e. The van der Waals surface area contributed by atoms with Crippen molar-refractivity contribution in [3.05, 3.63) is 40.9 Å². The van der Waals surface area contributed by atoms with Crippen LogP contribution in [0.25, 0.3) is 0 Å². The number of hydrogen-bond donors (Lipinski definition) is 3. The van der Waals surface area contributed by atoms with E-state index >= 15 is 0 Å². The van der Waals surface area contributed by atoms with Crippen LogP contribution in [0.5, 0.6) is 0 Å². The molecule has 0 aliphatic carbocycles. The van der Waals surface area contributed by atoms with Gasteiger partial charge in [0.1, 0.15) is 0 Å². The average molecular weight is 346 g/mol. The van der Waals surface area contributed by atoms with Gasteiger partial charge in [-0.2, -0.15) is 0 Å². The summed E-state index contributed by atoms with van der Waals surface area (Å²) in [6, 6.07) is 7.59. The molecule has 0 aliphatic rings. The van der Waals surface area contributed by atoms with Gasteiger partial charge < -0.3 is 16.4 Å². The molecular weight excluding hydrogens is 324 g/mol. The molecule has 0 aliphatic heterocycles. The third kappa shape index (κ3) is 5.66. The molecular formula is C17H22N4O2S. The Kier molecular flexibility index (Phi) is 6.31. The number of hydrogen-bond acceptors (Lipinski definition) is 5. The summed E-state index contributed by atoms with van der Waals surface area (Å²) in [4.78, 5) is 27.8. The Labute approximate surface area is 145 Å². The monoisotopic (exact) mass is 346 g/mol. The molecule has 128 valence electrons. The van der Waals surface area contributed by atoms with Crippen molar-refractivity contribution in [3.63, 3.8) is 0 Å². The van der Waals surface area contributed by atoms with Crippen LogP contribution in [0.1, 0.15) is 25.1 Å². The lowest BCUT2D eigenvalue weighted by molar-refractivity contribution is -0.120. The molecule has 0 fully saturated rings. The molecule has 2 rings (SSSR count). The zero-order chi connectivity index (χ0) is 17.5. The predicted octanol–water partition coefficient (Wildman–Crippen LogP) is 2.22. The number of nitrogen functional groups attached to an aromatic ring is 1. The Morgan fingerprint density at radius 1 is 1.25 bits per heavy atom. The lowest BCUT2D eigenvalue weighted by atomic mass is 10.1. The first-order valence-corrected chi connectivity index (χ1v) is 8.68. The van der Waals surface area contributed by atoms with E-state index in [9.17, 15) is 9.59 Å². The molecule has 1 heterocycles. The highest BCUT2D eigenvalue weighted by atomic mass is 32.1. The van der Waals surface area contributed by atoms with Gasteiger partial charge in [-0.3, -0.25) is 9.59 Å². The third-order valence-corrected chi connectivity index (χ3v) is 4.17. The fourth-order valence-corrected chi connectivity index (χ4v) is 2.67. The van der Waals surface area contributed by atoms with Gasteiger partial charge in [-0.15, -0.1) is 11.3 Å². The Balaban J connectivity index is 1.75. The Hall–Kier alpha value is -2.41. The minimum atomic E-state index is -0.103. The summed E-state index contributed by atoms with van der Waals surface area (Å²) in [6.07, 6.45) is 0.953. The van der Waals surface area contributed by atoms with E-state index in [1.165, 1.54) is 11.3 Å². The first-order chi connectivity index (χ1) is 11.4. The first-order valence-electron chi connectivity index (χ1n) is 7.80. The normalized spacial score (nSPS) is 10.6. The van der Waals surface area contributed by atoms with Gasteiger partial charge in [-0.05, 0) is 24.1 Å². The Morgan fingerprint density at radius 3 is 2.62 bits per heavy atom. The number of thiazole rings is 1. The van der Waals surface area contributed by atoms with Crippen LogP contribution in [-0.2, 0) is 22.4 Å². The number of nitrogens with zero attached hydrogens (tertiary/aromatic N) is 1. The molecule has 0 saturated heterocycles. The summed E-state index contributed by atoms with van der Waals surface area (Å²) in [5.74, 6) is -0.268. The highest BCUT2D eigenvalue weighted by molar-refractivity contribution is 7.13. The maximum Gasteiger partial charge on any atom is 0.228 e. The van der Waals surface area contributed by atoms with E-state index < -0.39 is 0 Å². The summed E-state index contributed by atoms with van der Waals surface area (Å²) < 4.78 is 0. The van der Waals surface area contributed by atoms with Crippen LogP contribution in [0, 0.1) is 5.92 Å². The topological polar surface area (TPSA) is 97.1 Å². The standard InChI is InChI=1S/C17H22N4O2S/c1-11(2)16(23)21-17-20-14(10-24-17)9-15(22)19-8-7-12-3-5-13(18)6-4-12/h3-6,10-11H,7-9,18H2,1-2H3,(H,19,22)(H,20,21,23). The number of carbonyl (C=O) groups is 2. The van der Waals surface area contributed by atoms with Gasteiger partial charge >= 0.3 is 0 Å². The van der Waals surface area contributed by atoms with Crippen molar-refractivity contribution in [2.24, 2.45) is 5.92 Å². The van der Waals surface area contributed by atoms with Crippen LogP contribution in [0.4, 0.5) is 10.8 Å². The molecule has 0 radical (unpaired) electrons. The number of amides is 2. The highest BCUT2D eigenvalue weighted by Gasteiger charge is 2.11. The molecule has 6 nitrogen and oxygen atoms in total. The molecule has 0 spiro atoms. The number of benzene rings is 1. The highest BCUT2D eigenvalue weighted by Crippen LogP contribution is 2.16. The van der Waals surface area contributed by atoms with E-state index in [1.807, 2.05) is 38.1 Å². The van der Waals surface area contributed by atoms with E-state index in [2.05, 4.69) is 15.6 Å². The Bertz CT molecular complexity index is 695. The maximum absolute atomic E-state index is 11.9. The van der Waals surface area contributed by atoms with Crippen LogP contribution in [0.15, 0.2) is 29.6 Å². The van der Waals surface area contributed by atoms with E-state index in [1.54, 1.807) is 5.38 Å². The molecule has 7 heteroatoms. The molecule has 0 unspecified atom stereocenters. The molecule has 24 heavy (non-hydrogen) atoms. The van der Waals surface area contributed by atoms with Crippen LogP contribution >= 0.6 is 11.3 Å². The molecule has 0 bridgehead atoms. The number of nitrogens with one attached hydrogen (secondary N) is 2. The maximum atomic E-state index is 11.9. The number of anilines is 2. The van der Waals surface area contributed by atoms with Crippen LogP contribution in [0.3, 0.4) is 0 Å². The van der Waals surface area contributed by atoms with E-state index in [4.69, 9.17) is 5.73 Å². The van der Waals surface area contributed by atoms with Gasteiger partial charge in [0.2, 0.25) is 11.8 Å². The van der Waals surface area contributed by atoms with Crippen LogP contribution < -0.4 is 16.4 Å². The van der Waals surface area contributed by atoms with E-state index in [0.717, 1.165) is 17.7 Å². The summed E-state index contributed by atoms with van der Waals surface area (Å²) >= 11 is 1.32. The molecule has 2 aromatic rings. The van der Waals surface area contributed by atoms with Crippen molar-refractivity contribution in [3.8, 4) is 0 Å². The molecule has 4 N–H and O–H groups in total. The number of carbonyl (C=O) groups excluding carboxylic acids is 2. The van der Waals surface area contributed by atoms with Crippen molar-refractivity contribution in [2.45, 2.75) is 26.7 Å². The summed E-state index contributed by atoms with van der Waals surface area (Å²) in [7, 11) is 0. The zero-order valence-electron chi connectivity index (χ0n) is 13.8. The summed E-state index contributed by atoms with van der Waals surface area (Å²) in [5, 5.41) is 7.91. The lowest BCUT2D eigenvalue weighted by Crippen LogP contribution is -2.27. The van der Waals surface area contributed by atoms with Crippen molar-refractivity contribution in [1.29, 1.82) is 0 Å². The average Bonchev–Trinajstić information content (AvgIpc) is 2.96. The fraction of sp³-hybridized carbons (Fsp3) is 0.353. The third-order valence-electron chi connectivity index (χ3n) is 3.36. The SMILES string of the molecule is CC(C)C(=O)Nc1nc(CC(=O)NCCc2ccc(N)cc2)cs1. The molecule has 0 atom stereocenters. The molecule has 1 aromatic heterocycles. The second-order valence-electron chi connectivity index (χ2n) is 5.81. The van der Waals surface area contributed by atoms with Gasteiger partial charge in [-0.1, -0.05) is 26.0 Å². The fourth-order valence-electron chi connectivity index (χ4n) is 1.95. The zero-order valence-corrected chi connectivity index (χ0v) is 14.7. The second-order valence-corrected chi connectivity index (χ2v) is 6.66. The molecule has 2 amide bonds. The minimum absolute atomic E-state index is 0.0798. The van der Waals surface area contributed by atoms with E-state index in [-0.39, 0.29) is 24.2 Å². The quantitative estimate of drug-likeness (QED) is 0.670. The van der Waals surface area contributed by atoms with Gasteiger partial charge in [0.15, 0.2) is 5.13 Å². The minimum Gasteiger partial charge on any atom is -0.399 e. The van der Waals surface area contributed by atoms with Crippen LogP contribution in [0.2, 0.25) is 0 Å². The van der Waals surface area contributed by atoms with Crippen LogP contribution in [-0.4, -0.2) is 23.3 Å². The van der Waals surface area contributed by atoms with Gasteiger partial charge in [0.25, 0.3) is 0 Å². The first kappa shape index (κ1) is 17.9. The van der Waals surface area contributed by atoms with Crippen molar-refractivity contribution >= 4 is 34.0 Å². The number of nitrogens with two attached hydrogens (primary N) is 1. The second kappa shape index (κ2) is 8.44. The van der Waals surface area contributed by atoms with Crippen molar-refractivity contribution in [2.75, 3.05) is 17.6 Å². The predicted molar refractivity (Wildman–Crippen MR) is 96.9 cm³/mol. The largest absolute Gasteiger partial charge is 0.399 e.